The van der Waals surface area contributed by atoms with Crippen LogP contribution >= 0.6 is 0 Å². The van der Waals surface area contributed by atoms with Gasteiger partial charge in [-0.1, -0.05) is 12.1 Å². The first-order valence-corrected chi connectivity index (χ1v) is 7.75. The third kappa shape index (κ3) is 3.33. The van der Waals surface area contributed by atoms with Gasteiger partial charge in [-0.25, -0.2) is 4.39 Å². The molecule has 1 aromatic rings. The fourth-order valence-electron chi connectivity index (χ4n) is 2.93. The van der Waals surface area contributed by atoms with Crippen molar-refractivity contribution in [2.75, 3.05) is 26.7 Å². The van der Waals surface area contributed by atoms with Crippen molar-refractivity contribution in [3.8, 4) is 0 Å². The van der Waals surface area contributed by atoms with Gasteiger partial charge in [0, 0.05) is 20.1 Å². The molecule has 2 heterocycles. The molecule has 1 saturated heterocycles. The molecule has 8 heteroatoms. The molecule has 0 amide bonds. The van der Waals surface area contributed by atoms with Crippen molar-refractivity contribution in [1.82, 2.24) is 9.80 Å². The van der Waals surface area contributed by atoms with E-state index in [0.29, 0.717) is 19.6 Å². The molecule has 2 aliphatic rings. The number of hydrogen-bond donors (Lipinski definition) is 0. The molecule has 0 aromatic heterocycles. The van der Waals surface area contributed by atoms with Crippen molar-refractivity contribution in [2.45, 2.75) is 31.3 Å². The number of alkyl halides is 3. The van der Waals surface area contributed by atoms with E-state index in [9.17, 15) is 17.6 Å². The summed E-state index contributed by atoms with van der Waals surface area (Å²) in [4.78, 5) is 8.35. The third-order valence-corrected chi connectivity index (χ3v) is 4.43. The lowest BCUT2D eigenvalue weighted by atomic mass is 10.1. The molecule has 2 aliphatic heterocycles. The number of rotatable bonds is 3. The first-order valence-electron chi connectivity index (χ1n) is 7.75. The Labute approximate surface area is 137 Å². The molecule has 0 aliphatic carbocycles. The fraction of sp³-hybridized carbons (Fsp3) is 0.562. The second-order valence-electron chi connectivity index (χ2n) is 6.17. The Balaban J connectivity index is 1.54. The summed E-state index contributed by atoms with van der Waals surface area (Å²) in [5, 5.41) is 0. The van der Waals surface area contributed by atoms with Crippen LogP contribution in [0.4, 0.5) is 17.6 Å². The van der Waals surface area contributed by atoms with E-state index >= 15 is 0 Å². The van der Waals surface area contributed by atoms with Crippen LogP contribution in [0, 0.1) is 5.82 Å². The van der Waals surface area contributed by atoms with E-state index < -0.39 is 18.4 Å². The highest BCUT2D eigenvalue weighted by Crippen LogP contribution is 2.30. The molecule has 2 unspecified atom stereocenters. The van der Waals surface area contributed by atoms with Crippen molar-refractivity contribution in [3.63, 3.8) is 0 Å². The maximum atomic E-state index is 13.0. The molecule has 1 aromatic carbocycles. The van der Waals surface area contributed by atoms with Crippen LogP contribution < -0.4 is 0 Å². The number of likely N-dealkylation sites (N-methyl/N-ethyl adjacent to an activating group) is 1. The number of halogens is 4. The van der Waals surface area contributed by atoms with Gasteiger partial charge in [-0.15, -0.1) is 0 Å². The van der Waals surface area contributed by atoms with Crippen LogP contribution in [0.5, 0.6) is 0 Å². The molecule has 2 atom stereocenters. The highest BCUT2D eigenvalue weighted by atomic mass is 19.4. The Morgan fingerprint density at radius 3 is 2.42 bits per heavy atom. The quantitative estimate of drug-likeness (QED) is 0.789. The number of benzene rings is 1. The summed E-state index contributed by atoms with van der Waals surface area (Å²) in [6.45, 7) is 2.34. The molecule has 4 nitrogen and oxygen atoms in total. The molecular weight excluding hydrogens is 326 g/mol. The fourth-order valence-corrected chi connectivity index (χ4v) is 2.93. The average Bonchev–Trinajstić information content (AvgIpc) is 2.83. The number of aliphatic imine (C=N–C) groups is 1. The number of guanidine groups is 1. The van der Waals surface area contributed by atoms with E-state index in [1.165, 1.54) is 12.1 Å². The Bertz CT molecular complexity index is 611. The lowest BCUT2D eigenvalue weighted by Gasteiger charge is -2.43. The van der Waals surface area contributed by atoms with Gasteiger partial charge in [0.05, 0.1) is 18.7 Å². The van der Waals surface area contributed by atoms with Crippen LogP contribution in [0.2, 0.25) is 0 Å². The molecule has 3 rings (SSSR count). The normalized spacial score (nSPS) is 23.2. The van der Waals surface area contributed by atoms with Crippen LogP contribution in [-0.4, -0.2) is 60.8 Å². The van der Waals surface area contributed by atoms with E-state index in [1.54, 1.807) is 12.1 Å². The van der Waals surface area contributed by atoms with E-state index in [2.05, 4.69) is 4.99 Å². The van der Waals surface area contributed by atoms with Crippen molar-refractivity contribution in [1.29, 1.82) is 0 Å². The second-order valence-corrected chi connectivity index (χ2v) is 6.17. The number of nitrogens with zero attached hydrogens (tertiary/aromatic N) is 3. The zero-order chi connectivity index (χ0) is 17.5. The summed E-state index contributed by atoms with van der Waals surface area (Å²) < 4.78 is 55.5. The minimum Gasteiger partial charge on any atom is -0.362 e. The maximum absolute atomic E-state index is 13.0. The van der Waals surface area contributed by atoms with Gasteiger partial charge in [0.1, 0.15) is 5.82 Å². The average molecular weight is 345 g/mol. The van der Waals surface area contributed by atoms with Crippen LogP contribution in [0.1, 0.15) is 18.5 Å². The summed E-state index contributed by atoms with van der Waals surface area (Å²) >= 11 is 0. The van der Waals surface area contributed by atoms with Gasteiger partial charge in [0.25, 0.3) is 0 Å². The number of ether oxygens (including phenoxy) is 1. The second kappa shape index (κ2) is 6.23. The smallest absolute Gasteiger partial charge is 0.362 e. The molecule has 24 heavy (non-hydrogen) atoms. The largest absolute Gasteiger partial charge is 0.414 e. The van der Waals surface area contributed by atoms with E-state index in [-0.39, 0.29) is 11.9 Å². The summed E-state index contributed by atoms with van der Waals surface area (Å²) in [6, 6.07) is 6.28. The van der Waals surface area contributed by atoms with Crippen molar-refractivity contribution >= 4 is 5.96 Å². The van der Waals surface area contributed by atoms with Crippen LogP contribution in [-0.2, 0) is 4.74 Å². The first kappa shape index (κ1) is 17.0. The van der Waals surface area contributed by atoms with Crippen molar-refractivity contribution in [2.24, 2.45) is 4.99 Å². The van der Waals surface area contributed by atoms with Gasteiger partial charge in [0.2, 0.25) is 0 Å². The topological polar surface area (TPSA) is 28.1 Å². The van der Waals surface area contributed by atoms with E-state index in [0.717, 1.165) is 18.4 Å². The summed E-state index contributed by atoms with van der Waals surface area (Å²) in [5.74, 6) is 0.450. The minimum absolute atomic E-state index is 0.00895. The lowest BCUT2D eigenvalue weighted by molar-refractivity contribution is -0.236. The molecule has 132 valence electrons. The van der Waals surface area contributed by atoms with Crippen molar-refractivity contribution in [3.05, 3.63) is 35.6 Å². The summed E-state index contributed by atoms with van der Waals surface area (Å²) in [7, 11) is 1.88. The molecule has 0 saturated carbocycles. The first-order chi connectivity index (χ1) is 11.3. The predicted molar refractivity (Wildman–Crippen MR) is 81.2 cm³/mol. The Hall–Kier alpha value is -1.83. The lowest BCUT2D eigenvalue weighted by Crippen LogP contribution is -2.59. The molecule has 0 radical (unpaired) electrons. The zero-order valence-corrected chi connectivity index (χ0v) is 13.4. The number of likely N-dealkylation sites (tertiary alicyclic amines) is 1. The van der Waals surface area contributed by atoms with Gasteiger partial charge in [0.15, 0.2) is 12.1 Å². The summed E-state index contributed by atoms with van der Waals surface area (Å²) in [6.07, 6.45) is -6.54. The molecule has 1 fully saturated rings. The van der Waals surface area contributed by atoms with E-state index in [1.807, 2.05) is 16.8 Å². The predicted octanol–water partition coefficient (Wildman–Crippen LogP) is 2.82. The molecular formula is C16H19F4N3O. The zero-order valence-electron chi connectivity index (χ0n) is 13.4. The van der Waals surface area contributed by atoms with Crippen LogP contribution in [0.3, 0.4) is 0 Å². The minimum atomic E-state index is -4.34. The summed E-state index contributed by atoms with van der Waals surface area (Å²) in [5.41, 5.74) is 0.955. The molecule has 0 N–H and O–H groups in total. The SMILES string of the molecule is CC(OC1CN(C2=NCC(c3ccc(F)cc3)N2C)C1)C(F)(F)F. The molecule has 0 bridgehead atoms. The van der Waals surface area contributed by atoms with Crippen LogP contribution in [0.25, 0.3) is 0 Å². The highest BCUT2D eigenvalue weighted by Gasteiger charge is 2.42. The standard InChI is InChI=1S/C16H19F4N3O/c1-10(16(18,19)20)24-13-8-23(9-13)15-21-7-14(22(15)2)11-3-5-12(17)6-4-11/h3-6,10,13-14H,7-9H2,1-2H3. The van der Waals surface area contributed by atoms with Gasteiger partial charge in [-0.05, 0) is 24.6 Å². The van der Waals surface area contributed by atoms with Gasteiger partial charge >= 0.3 is 6.18 Å². The monoisotopic (exact) mass is 345 g/mol. The Kier molecular flexibility index (Phi) is 4.42. The molecule has 0 spiro atoms. The van der Waals surface area contributed by atoms with Gasteiger partial charge < -0.3 is 14.5 Å². The van der Waals surface area contributed by atoms with E-state index in [4.69, 9.17) is 4.74 Å². The third-order valence-electron chi connectivity index (χ3n) is 4.43. The van der Waals surface area contributed by atoms with Gasteiger partial charge in [-0.3, -0.25) is 4.99 Å². The highest BCUT2D eigenvalue weighted by molar-refractivity contribution is 5.83. The Morgan fingerprint density at radius 2 is 1.83 bits per heavy atom. The maximum Gasteiger partial charge on any atom is 0.414 e. The number of hydrogen-bond acceptors (Lipinski definition) is 4. The van der Waals surface area contributed by atoms with Crippen molar-refractivity contribution < 1.29 is 22.3 Å². The van der Waals surface area contributed by atoms with Crippen LogP contribution in [0.15, 0.2) is 29.3 Å². The van der Waals surface area contributed by atoms with Gasteiger partial charge in [-0.2, -0.15) is 13.2 Å². The Morgan fingerprint density at radius 1 is 1.21 bits per heavy atom.